The van der Waals surface area contributed by atoms with Gasteiger partial charge in [-0.1, -0.05) is 46.4 Å². The van der Waals surface area contributed by atoms with Crippen LogP contribution in [0.5, 0.6) is 0 Å². The molecule has 0 atom stereocenters. The summed E-state index contributed by atoms with van der Waals surface area (Å²) in [6.45, 7) is 7.75. The highest BCUT2D eigenvalue weighted by Gasteiger charge is 1.99. The van der Waals surface area contributed by atoms with Crippen LogP contribution in [0.4, 0.5) is 0 Å². The van der Waals surface area contributed by atoms with Gasteiger partial charge < -0.3 is 5.48 Å². The Morgan fingerprint density at radius 3 is 0.762 bits per heavy atom. The van der Waals surface area contributed by atoms with Crippen LogP contribution in [0.15, 0.2) is 24.3 Å². The molecule has 0 saturated heterocycles. The van der Waals surface area contributed by atoms with Gasteiger partial charge in [0, 0.05) is 20.1 Å². The number of hydrogen-bond donors (Lipinski definition) is 0. The van der Waals surface area contributed by atoms with Crippen LogP contribution in [0.1, 0.15) is 22.3 Å². The van der Waals surface area contributed by atoms with Crippen molar-refractivity contribution in [3.05, 3.63) is 66.6 Å². The maximum atomic E-state index is 5.83. The Kier molecular flexibility index (Phi) is 8.69. The molecule has 2 rings (SSSR count). The minimum atomic E-state index is 0. The van der Waals surface area contributed by atoms with E-state index in [4.69, 9.17) is 46.4 Å². The molecule has 0 radical (unpaired) electrons. The Hall–Kier alpha value is -0.440. The van der Waals surface area contributed by atoms with Crippen LogP contribution in [0, 0.1) is 27.7 Å². The number of aryl methyl sites for hydroxylation is 4. The fourth-order valence-corrected chi connectivity index (χ4v) is 2.36. The molecule has 0 amide bonds. The molecular formula is C16H18Cl4O. The lowest BCUT2D eigenvalue weighted by molar-refractivity contribution is 0.824. The zero-order valence-corrected chi connectivity index (χ0v) is 15.3. The second-order valence-corrected chi connectivity index (χ2v) is 6.33. The first-order valence-electron chi connectivity index (χ1n) is 6.07. The van der Waals surface area contributed by atoms with E-state index >= 15 is 0 Å². The van der Waals surface area contributed by atoms with E-state index in [0.29, 0.717) is 0 Å². The van der Waals surface area contributed by atoms with Crippen LogP contribution in [-0.4, -0.2) is 5.48 Å². The van der Waals surface area contributed by atoms with Crippen molar-refractivity contribution in [2.75, 3.05) is 0 Å². The van der Waals surface area contributed by atoms with E-state index in [1.807, 2.05) is 52.0 Å². The summed E-state index contributed by atoms with van der Waals surface area (Å²) in [4.78, 5) is 0. The molecule has 0 bridgehead atoms. The third-order valence-electron chi connectivity index (χ3n) is 2.88. The van der Waals surface area contributed by atoms with E-state index in [-0.39, 0.29) is 5.48 Å². The predicted molar refractivity (Wildman–Crippen MR) is 95.5 cm³/mol. The first kappa shape index (κ1) is 20.6. The lowest BCUT2D eigenvalue weighted by Crippen LogP contribution is -1.79. The SMILES string of the molecule is Cc1cc(Cl)c(C)cc1Cl.Cc1cc(Cl)c(C)cc1Cl.O. The molecule has 0 heterocycles. The number of rotatable bonds is 0. The summed E-state index contributed by atoms with van der Waals surface area (Å²) in [5, 5.41) is 3.12. The fraction of sp³-hybridized carbons (Fsp3) is 0.250. The second-order valence-electron chi connectivity index (χ2n) is 4.70. The van der Waals surface area contributed by atoms with Crippen molar-refractivity contribution in [1.82, 2.24) is 0 Å². The summed E-state index contributed by atoms with van der Waals surface area (Å²) in [7, 11) is 0. The van der Waals surface area contributed by atoms with Crippen molar-refractivity contribution in [3.8, 4) is 0 Å². The van der Waals surface area contributed by atoms with E-state index in [1.165, 1.54) is 0 Å². The predicted octanol–water partition coefficient (Wildman–Crippen LogP) is 6.40. The van der Waals surface area contributed by atoms with E-state index in [2.05, 4.69) is 0 Å². The van der Waals surface area contributed by atoms with Gasteiger partial charge in [-0.2, -0.15) is 0 Å². The zero-order chi connectivity index (χ0) is 15.4. The average Bonchev–Trinajstić information content (AvgIpc) is 2.35. The van der Waals surface area contributed by atoms with Crippen molar-refractivity contribution >= 4 is 46.4 Å². The molecule has 0 aliphatic carbocycles. The van der Waals surface area contributed by atoms with Gasteiger partial charge in [-0.15, -0.1) is 0 Å². The standard InChI is InChI=1S/2C8H8Cl2.H2O/c2*1-5-3-8(10)6(2)4-7(5)9;/h2*3-4H,1-2H3;1H2. The van der Waals surface area contributed by atoms with E-state index in [0.717, 1.165) is 42.3 Å². The van der Waals surface area contributed by atoms with E-state index < -0.39 is 0 Å². The van der Waals surface area contributed by atoms with Crippen molar-refractivity contribution in [2.45, 2.75) is 27.7 Å². The average molecular weight is 368 g/mol. The summed E-state index contributed by atoms with van der Waals surface area (Å²) in [6.07, 6.45) is 0. The topological polar surface area (TPSA) is 31.5 Å². The van der Waals surface area contributed by atoms with Crippen LogP contribution in [0.2, 0.25) is 20.1 Å². The van der Waals surface area contributed by atoms with Crippen LogP contribution in [0.25, 0.3) is 0 Å². The highest BCUT2D eigenvalue weighted by atomic mass is 35.5. The van der Waals surface area contributed by atoms with Gasteiger partial charge in [0.05, 0.1) is 0 Å². The van der Waals surface area contributed by atoms with Gasteiger partial charge in [0.15, 0.2) is 0 Å². The Morgan fingerprint density at radius 1 is 0.476 bits per heavy atom. The van der Waals surface area contributed by atoms with Gasteiger partial charge in [0.1, 0.15) is 0 Å². The fourth-order valence-electron chi connectivity index (χ4n) is 1.49. The number of benzene rings is 2. The third-order valence-corrected chi connectivity index (χ3v) is 4.51. The molecule has 1 nitrogen and oxygen atoms in total. The summed E-state index contributed by atoms with van der Waals surface area (Å²) in [5.41, 5.74) is 4.10. The Labute approximate surface area is 146 Å². The summed E-state index contributed by atoms with van der Waals surface area (Å²) in [5.74, 6) is 0. The first-order chi connectivity index (χ1) is 9.22. The molecule has 2 aromatic carbocycles. The van der Waals surface area contributed by atoms with Crippen molar-refractivity contribution in [3.63, 3.8) is 0 Å². The quantitative estimate of drug-likeness (QED) is 0.516. The number of halogens is 4. The van der Waals surface area contributed by atoms with Crippen LogP contribution in [0.3, 0.4) is 0 Å². The van der Waals surface area contributed by atoms with Crippen LogP contribution in [-0.2, 0) is 0 Å². The molecule has 0 aliphatic heterocycles. The molecule has 0 fully saturated rings. The minimum Gasteiger partial charge on any atom is -0.412 e. The normalized spacial score (nSPS) is 9.52. The largest absolute Gasteiger partial charge is 0.412 e. The Bertz CT molecular complexity index is 468. The molecule has 0 aliphatic rings. The van der Waals surface area contributed by atoms with Gasteiger partial charge in [0.2, 0.25) is 0 Å². The highest BCUT2D eigenvalue weighted by molar-refractivity contribution is 6.34. The summed E-state index contributed by atoms with van der Waals surface area (Å²) < 4.78 is 0. The van der Waals surface area contributed by atoms with Crippen LogP contribution >= 0.6 is 46.4 Å². The van der Waals surface area contributed by atoms with Crippen molar-refractivity contribution in [1.29, 1.82) is 0 Å². The van der Waals surface area contributed by atoms with Crippen molar-refractivity contribution < 1.29 is 5.48 Å². The molecule has 116 valence electrons. The van der Waals surface area contributed by atoms with Crippen molar-refractivity contribution in [2.24, 2.45) is 0 Å². The highest BCUT2D eigenvalue weighted by Crippen LogP contribution is 2.24. The second kappa shape index (κ2) is 8.87. The van der Waals surface area contributed by atoms with Gasteiger partial charge in [-0.25, -0.2) is 0 Å². The molecule has 0 saturated carbocycles. The third kappa shape index (κ3) is 6.06. The molecule has 21 heavy (non-hydrogen) atoms. The zero-order valence-electron chi connectivity index (χ0n) is 12.3. The molecule has 5 heteroatoms. The van der Waals surface area contributed by atoms with Crippen LogP contribution < -0.4 is 0 Å². The monoisotopic (exact) mass is 366 g/mol. The maximum absolute atomic E-state index is 5.83. The van der Waals surface area contributed by atoms with Gasteiger partial charge in [-0.3, -0.25) is 0 Å². The summed E-state index contributed by atoms with van der Waals surface area (Å²) in [6, 6.07) is 7.50. The lowest BCUT2D eigenvalue weighted by Gasteiger charge is -2.00. The molecule has 0 aromatic heterocycles. The van der Waals surface area contributed by atoms with Gasteiger partial charge >= 0.3 is 0 Å². The molecule has 0 spiro atoms. The lowest BCUT2D eigenvalue weighted by atomic mass is 10.2. The molecule has 2 aromatic rings. The smallest absolute Gasteiger partial charge is 0.0438 e. The Balaban J connectivity index is 0.000000364. The molecule has 0 unspecified atom stereocenters. The van der Waals surface area contributed by atoms with Gasteiger partial charge in [0.25, 0.3) is 0 Å². The first-order valence-corrected chi connectivity index (χ1v) is 7.58. The minimum absolute atomic E-state index is 0. The van der Waals surface area contributed by atoms with E-state index in [9.17, 15) is 0 Å². The number of hydrogen-bond acceptors (Lipinski definition) is 0. The molecular weight excluding hydrogens is 350 g/mol. The Morgan fingerprint density at radius 2 is 0.619 bits per heavy atom. The van der Waals surface area contributed by atoms with Gasteiger partial charge in [-0.05, 0) is 74.2 Å². The molecule has 2 N–H and O–H groups in total. The summed E-state index contributed by atoms with van der Waals surface area (Å²) >= 11 is 23.3. The maximum Gasteiger partial charge on any atom is 0.0438 e. The van der Waals surface area contributed by atoms with E-state index in [1.54, 1.807) is 0 Å².